The molecule has 1 saturated heterocycles. The topological polar surface area (TPSA) is 63.3 Å². The molecule has 1 aliphatic carbocycles. The Morgan fingerprint density at radius 3 is 2.43 bits per heavy atom. The molecule has 2 heterocycles. The first-order valence-electron chi connectivity index (χ1n) is 12.5. The lowest BCUT2D eigenvalue weighted by molar-refractivity contribution is -0.124. The van der Waals surface area contributed by atoms with Crippen molar-refractivity contribution in [3.05, 3.63) is 53.3 Å². The maximum absolute atomic E-state index is 14.0. The molecule has 1 saturated carbocycles. The Bertz CT molecular complexity index is 1050. The number of halogens is 1. The summed E-state index contributed by atoms with van der Waals surface area (Å²) in [6, 6.07) is 11.2. The van der Waals surface area contributed by atoms with Gasteiger partial charge in [-0.15, -0.1) is 0 Å². The number of rotatable bonds is 7. The third-order valence-corrected chi connectivity index (χ3v) is 7.39. The molecule has 0 unspecified atom stereocenters. The second kappa shape index (κ2) is 10.4. The van der Waals surface area contributed by atoms with Gasteiger partial charge < -0.3 is 19.5 Å². The lowest BCUT2D eigenvalue weighted by Gasteiger charge is -2.36. The molecule has 0 spiro atoms. The molecule has 1 N–H and O–H groups in total. The van der Waals surface area contributed by atoms with Crippen LogP contribution in [0.5, 0.6) is 17.2 Å². The Labute approximate surface area is 206 Å². The summed E-state index contributed by atoms with van der Waals surface area (Å²) in [5.41, 5.74) is 1.69. The standard InChI is InChI=1S/C27H34FN3O4/c1-33-23-6-4-20(16-22(23)28)18-30-10-12-31(13-11-30)19-26(32)29-27(8-2-3-9-27)21-5-7-24-25(17-21)35-15-14-34-24/h4-7,16-17H,2-3,8-15,18-19H2,1H3,(H,29,32). The van der Waals surface area contributed by atoms with E-state index < -0.39 is 0 Å². The molecule has 8 heteroatoms. The smallest absolute Gasteiger partial charge is 0.234 e. The fourth-order valence-electron chi connectivity index (χ4n) is 5.49. The highest BCUT2D eigenvalue weighted by molar-refractivity contribution is 5.79. The quantitative estimate of drug-likeness (QED) is 0.652. The van der Waals surface area contributed by atoms with Gasteiger partial charge in [-0.2, -0.15) is 0 Å². The van der Waals surface area contributed by atoms with Crippen molar-refractivity contribution in [2.45, 2.75) is 37.8 Å². The van der Waals surface area contributed by atoms with Gasteiger partial charge in [0.1, 0.15) is 13.2 Å². The van der Waals surface area contributed by atoms with Gasteiger partial charge in [-0.1, -0.05) is 25.0 Å². The number of benzene rings is 2. The minimum absolute atomic E-state index is 0.0625. The van der Waals surface area contributed by atoms with Crippen LogP contribution in [0.3, 0.4) is 0 Å². The number of fused-ring (bicyclic) bond motifs is 1. The van der Waals surface area contributed by atoms with Gasteiger partial charge in [0.15, 0.2) is 23.1 Å². The molecule has 2 fully saturated rings. The van der Waals surface area contributed by atoms with Crippen LogP contribution in [0.2, 0.25) is 0 Å². The zero-order valence-electron chi connectivity index (χ0n) is 20.4. The van der Waals surface area contributed by atoms with Gasteiger partial charge in [-0.3, -0.25) is 14.6 Å². The number of methoxy groups -OCH3 is 1. The van der Waals surface area contributed by atoms with Gasteiger partial charge in [0.25, 0.3) is 0 Å². The molecular formula is C27H34FN3O4. The Kier molecular flexibility index (Phi) is 7.11. The summed E-state index contributed by atoms with van der Waals surface area (Å²) < 4.78 is 30.5. The van der Waals surface area contributed by atoms with Crippen molar-refractivity contribution in [2.75, 3.05) is 53.0 Å². The van der Waals surface area contributed by atoms with Gasteiger partial charge in [-0.05, 0) is 48.2 Å². The van der Waals surface area contributed by atoms with Crippen molar-refractivity contribution < 1.29 is 23.4 Å². The van der Waals surface area contributed by atoms with Crippen LogP contribution in [0, 0.1) is 5.82 Å². The van der Waals surface area contributed by atoms with E-state index in [4.69, 9.17) is 14.2 Å². The normalized spacial score (nSPS) is 19.9. The van der Waals surface area contributed by atoms with Gasteiger partial charge in [-0.25, -0.2) is 4.39 Å². The average Bonchev–Trinajstić information content (AvgIpc) is 3.34. The van der Waals surface area contributed by atoms with Crippen LogP contribution in [0.25, 0.3) is 0 Å². The maximum atomic E-state index is 14.0. The van der Waals surface area contributed by atoms with Crippen LogP contribution >= 0.6 is 0 Å². The Morgan fingerprint density at radius 1 is 1.00 bits per heavy atom. The monoisotopic (exact) mass is 483 g/mol. The molecule has 0 atom stereocenters. The molecule has 0 radical (unpaired) electrons. The molecule has 0 bridgehead atoms. The molecule has 2 aromatic rings. The number of piperazine rings is 1. The summed E-state index contributed by atoms with van der Waals surface area (Å²) >= 11 is 0. The van der Waals surface area contributed by atoms with Crippen molar-refractivity contribution in [2.24, 2.45) is 0 Å². The minimum atomic E-state index is -0.340. The molecule has 5 rings (SSSR count). The first-order valence-corrected chi connectivity index (χ1v) is 12.5. The molecule has 0 aromatic heterocycles. The molecule has 2 aromatic carbocycles. The van der Waals surface area contributed by atoms with E-state index in [1.807, 2.05) is 18.2 Å². The van der Waals surface area contributed by atoms with Crippen LogP contribution < -0.4 is 19.5 Å². The number of hydrogen-bond donors (Lipinski definition) is 1. The first kappa shape index (κ1) is 23.9. The number of carbonyl (C=O) groups is 1. The number of carbonyl (C=O) groups excluding carboxylic acids is 1. The number of hydrogen-bond acceptors (Lipinski definition) is 6. The summed E-state index contributed by atoms with van der Waals surface area (Å²) in [6.45, 7) is 5.49. The van der Waals surface area contributed by atoms with E-state index in [0.29, 0.717) is 26.3 Å². The minimum Gasteiger partial charge on any atom is -0.494 e. The van der Waals surface area contributed by atoms with E-state index in [1.165, 1.54) is 13.2 Å². The molecule has 35 heavy (non-hydrogen) atoms. The fourth-order valence-corrected chi connectivity index (χ4v) is 5.49. The third-order valence-electron chi connectivity index (χ3n) is 7.39. The predicted molar refractivity (Wildman–Crippen MR) is 130 cm³/mol. The SMILES string of the molecule is COc1ccc(CN2CCN(CC(=O)NC3(c4ccc5c(c4)OCCO5)CCCC3)CC2)cc1F. The molecule has 3 aliphatic rings. The van der Waals surface area contributed by atoms with Gasteiger partial charge >= 0.3 is 0 Å². The lowest BCUT2D eigenvalue weighted by Crippen LogP contribution is -2.52. The summed E-state index contributed by atoms with van der Waals surface area (Å²) in [7, 11) is 1.47. The highest BCUT2D eigenvalue weighted by Crippen LogP contribution is 2.42. The van der Waals surface area contributed by atoms with Crippen LogP contribution in [0.1, 0.15) is 36.8 Å². The van der Waals surface area contributed by atoms with Crippen molar-refractivity contribution >= 4 is 5.91 Å². The maximum Gasteiger partial charge on any atom is 0.234 e. The van der Waals surface area contributed by atoms with E-state index in [2.05, 4.69) is 21.2 Å². The Balaban J connectivity index is 1.15. The van der Waals surface area contributed by atoms with Crippen molar-refractivity contribution in [3.63, 3.8) is 0 Å². The zero-order chi connectivity index (χ0) is 24.3. The number of ether oxygens (including phenoxy) is 3. The highest BCUT2D eigenvalue weighted by atomic mass is 19.1. The summed E-state index contributed by atoms with van der Waals surface area (Å²) in [5.74, 6) is 1.53. The number of nitrogens with zero attached hydrogens (tertiary/aromatic N) is 2. The van der Waals surface area contributed by atoms with Crippen LogP contribution in [-0.4, -0.2) is 68.8 Å². The van der Waals surface area contributed by atoms with Crippen molar-refractivity contribution in [1.82, 2.24) is 15.1 Å². The Hall–Kier alpha value is -2.84. The van der Waals surface area contributed by atoms with E-state index in [1.54, 1.807) is 6.07 Å². The van der Waals surface area contributed by atoms with E-state index in [0.717, 1.165) is 74.5 Å². The molecule has 188 valence electrons. The molecule has 2 aliphatic heterocycles. The van der Waals surface area contributed by atoms with Crippen molar-refractivity contribution in [1.29, 1.82) is 0 Å². The van der Waals surface area contributed by atoms with Crippen LogP contribution in [0.15, 0.2) is 36.4 Å². The summed E-state index contributed by atoms with van der Waals surface area (Å²) in [5, 5.41) is 3.39. The number of amides is 1. The largest absolute Gasteiger partial charge is 0.494 e. The van der Waals surface area contributed by atoms with E-state index >= 15 is 0 Å². The van der Waals surface area contributed by atoms with Crippen LogP contribution in [0.4, 0.5) is 4.39 Å². The molecular weight excluding hydrogens is 449 g/mol. The van der Waals surface area contributed by atoms with Gasteiger partial charge in [0.05, 0.1) is 19.2 Å². The Morgan fingerprint density at radius 2 is 1.71 bits per heavy atom. The predicted octanol–water partition coefficient (Wildman–Crippen LogP) is 3.31. The van der Waals surface area contributed by atoms with E-state index in [9.17, 15) is 9.18 Å². The highest BCUT2D eigenvalue weighted by Gasteiger charge is 2.38. The van der Waals surface area contributed by atoms with Crippen molar-refractivity contribution in [3.8, 4) is 17.2 Å². The van der Waals surface area contributed by atoms with E-state index in [-0.39, 0.29) is 23.0 Å². The number of nitrogens with one attached hydrogen (secondary N) is 1. The second-order valence-corrected chi connectivity index (χ2v) is 9.72. The third kappa shape index (κ3) is 5.38. The van der Waals surface area contributed by atoms with Crippen LogP contribution in [-0.2, 0) is 16.9 Å². The summed E-state index contributed by atoms with van der Waals surface area (Å²) in [4.78, 5) is 17.6. The summed E-state index contributed by atoms with van der Waals surface area (Å²) in [6.07, 6.45) is 4.06. The first-order chi connectivity index (χ1) is 17.0. The van der Waals surface area contributed by atoms with Gasteiger partial charge in [0, 0.05) is 32.7 Å². The zero-order valence-corrected chi connectivity index (χ0v) is 20.4. The fraction of sp³-hybridized carbons (Fsp3) is 0.519. The lowest BCUT2D eigenvalue weighted by atomic mass is 9.87. The molecule has 1 amide bonds. The average molecular weight is 484 g/mol. The second-order valence-electron chi connectivity index (χ2n) is 9.72. The molecule has 7 nitrogen and oxygen atoms in total. The van der Waals surface area contributed by atoms with Gasteiger partial charge in [0.2, 0.25) is 5.91 Å².